The molecule has 2 saturated heterocycles. The van der Waals surface area contributed by atoms with E-state index in [0.717, 1.165) is 19.6 Å². The zero-order valence-corrected chi connectivity index (χ0v) is 17.0. The quantitative estimate of drug-likeness (QED) is 0.435. The van der Waals surface area contributed by atoms with Crippen molar-refractivity contribution in [2.45, 2.75) is 12.5 Å². The summed E-state index contributed by atoms with van der Waals surface area (Å²) in [5.41, 5.74) is 0.977. The van der Waals surface area contributed by atoms with Crippen LogP contribution in [0.5, 0.6) is 0 Å². The fourth-order valence-electron chi connectivity index (χ4n) is 4.06. The summed E-state index contributed by atoms with van der Waals surface area (Å²) in [5.74, 6) is -2.15. The maximum absolute atomic E-state index is 13.3. The predicted molar refractivity (Wildman–Crippen MR) is 112 cm³/mol. The van der Waals surface area contributed by atoms with Crippen molar-refractivity contribution in [1.29, 1.82) is 0 Å². The van der Waals surface area contributed by atoms with Crippen LogP contribution in [-0.4, -0.2) is 71.0 Å². The minimum Gasteiger partial charge on any atom is -0.507 e. The molecule has 7 nitrogen and oxygen atoms in total. The van der Waals surface area contributed by atoms with Crippen LogP contribution in [0.15, 0.2) is 54.4 Å². The van der Waals surface area contributed by atoms with Crippen LogP contribution < -0.4 is 0 Å². The molecule has 162 valence electrons. The summed E-state index contributed by atoms with van der Waals surface area (Å²) in [7, 11) is 0. The first-order valence-electron chi connectivity index (χ1n) is 10.3. The molecule has 0 saturated carbocycles. The number of hydrogen-bond donors (Lipinski definition) is 1. The summed E-state index contributed by atoms with van der Waals surface area (Å²) < 4.78 is 18.7. The van der Waals surface area contributed by atoms with Gasteiger partial charge in [0.2, 0.25) is 0 Å². The van der Waals surface area contributed by atoms with Crippen LogP contribution in [0, 0.1) is 5.82 Å². The van der Waals surface area contributed by atoms with Crippen LogP contribution >= 0.6 is 0 Å². The Kier molecular flexibility index (Phi) is 6.39. The standard InChI is InChI=1S/C23H24FN3O4/c24-18-4-2-17(3-5-18)21(28)19-20(16-6-8-25-9-7-16)27(23(30)22(19)29)11-1-10-26-12-14-31-15-13-26/h2-9,20,28H,1,10-15H2/t20-/m0/s1. The lowest BCUT2D eigenvalue weighted by molar-refractivity contribution is -0.140. The third kappa shape index (κ3) is 4.50. The first-order chi connectivity index (χ1) is 15.1. The number of pyridine rings is 1. The topological polar surface area (TPSA) is 83.0 Å². The second-order valence-corrected chi connectivity index (χ2v) is 7.59. The van der Waals surface area contributed by atoms with Crippen molar-refractivity contribution in [3.05, 3.63) is 71.3 Å². The zero-order valence-electron chi connectivity index (χ0n) is 17.0. The molecule has 1 amide bonds. The largest absolute Gasteiger partial charge is 0.507 e. The zero-order chi connectivity index (χ0) is 21.8. The number of hydrogen-bond acceptors (Lipinski definition) is 6. The van der Waals surface area contributed by atoms with E-state index in [-0.39, 0.29) is 16.9 Å². The number of amides is 1. The van der Waals surface area contributed by atoms with Crippen LogP contribution in [0.3, 0.4) is 0 Å². The normalized spacial score (nSPS) is 21.6. The Labute approximate surface area is 179 Å². The second kappa shape index (κ2) is 9.36. The Morgan fingerprint density at radius 2 is 1.74 bits per heavy atom. The lowest BCUT2D eigenvalue weighted by Crippen LogP contribution is -2.38. The van der Waals surface area contributed by atoms with Crippen molar-refractivity contribution in [3.63, 3.8) is 0 Å². The summed E-state index contributed by atoms with van der Waals surface area (Å²) >= 11 is 0. The summed E-state index contributed by atoms with van der Waals surface area (Å²) in [6, 6.07) is 7.91. The molecule has 8 heteroatoms. The van der Waals surface area contributed by atoms with E-state index < -0.39 is 23.5 Å². The number of ketones is 1. The highest BCUT2D eigenvalue weighted by molar-refractivity contribution is 6.46. The molecule has 2 aromatic rings. The van der Waals surface area contributed by atoms with Gasteiger partial charge in [0.15, 0.2) is 0 Å². The lowest BCUT2D eigenvalue weighted by Gasteiger charge is -2.29. The molecule has 3 heterocycles. The second-order valence-electron chi connectivity index (χ2n) is 7.59. The Hall–Kier alpha value is -3.10. The van der Waals surface area contributed by atoms with Crippen molar-refractivity contribution < 1.29 is 23.8 Å². The lowest BCUT2D eigenvalue weighted by atomic mass is 9.96. The summed E-state index contributed by atoms with van der Waals surface area (Å²) in [4.78, 5) is 33.6. The number of aliphatic hydroxyl groups excluding tert-OH is 1. The molecule has 1 aromatic carbocycles. The molecule has 0 unspecified atom stereocenters. The number of ether oxygens (including phenoxy) is 1. The number of benzene rings is 1. The molecule has 0 radical (unpaired) electrons. The van der Waals surface area contributed by atoms with Crippen molar-refractivity contribution in [2.24, 2.45) is 0 Å². The van der Waals surface area contributed by atoms with Crippen molar-refractivity contribution in [2.75, 3.05) is 39.4 Å². The number of rotatable bonds is 6. The number of nitrogens with zero attached hydrogens (tertiary/aromatic N) is 3. The number of Topliss-reactive ketones (excluding diaryl/α,β-unsaturated/α-hetero) is 1. The molecule has 0 spiro atoms. The maximum Gasteiger partial charge on any atom is 0.295 e. The first-order valence-corrected chi connectivity index (χ1v) is 10.3. The predicted octanol–water partition coefficient (Wildman–Crippen LogP) is 2.36. The van der Waals surface area contributed by atoms with Crippen molar-refractivity contribution >= 4 is 17.4 Å². The molecule has 31 heavy (non-hydrogen) atoms. The molecule has 0 bridgehead atoms. The van der Waals surface area contributed by atoms with Gasteiger partial charge in [0.05, 0.1) is 24.8 Å². The third-order valence-corrected chi connectivity index (χ3v) is 5.66. The van der Waals surface area contributed by atoms with Crippen LogP contribution in [-0.2, 0) is 14.3 Å². The van der Waals surface area contributed by atoms with E-state index in [9.17, 15) is 19.1 Å². The third-order valence-electron chi connectivity index (χ3n) is 5.66. The summed E-state index contributed by atoms with van der Waals surface area (Å²) in [6.45, 7) is 4.23. The smallest absolute Gasteiger partial charge is 0.295 e. The molecular formula is C23H24FN3O4. The molecule has 1 aromatic heterocycles. The van der Waals surface area contributed by atoms with Gasteiger partial charge in [-0.15, -0.1) is 0 Å². The number of carbonyl (C=O) groups excluding carboxylic acids is 2. The highest BCUT2D eigenvalue weighted by atomic mass is 19.1. The van der Waals surface area contributed by atoms with Gasteiger partial charge in [-0.1, -0.05) is 0 Å². The molecule has 1 atom stereocenters. The van der Waals surface area contributed by atoms with Crippen LogP contribution in [0.4, 0.5) is 4.39 Å². The fourth-order valence-corrected chi connectivity index (χ4v) is 4.06. The maximum atomic E-state index is 13.3. The summed E-state index contributed by atoms with van der Waals surface area (Å²) in [5, 5.41) is 10.9. The summed E-state index contributed by atoms with van der Waals surface area (Å²) in [6.07, 6.45) is 3.85. The Morgan fingerprint density at radius 1 is 1.06 bits per heavy atom. The molecule has 2 aliphatic rings. The molecule has 2 fully saturated rings. The highest BCUT2D eigenvalue weighted by Crippen LogP contribution is 2.39. The number of aliphatic hydroxyl groups is 1. The minimum atomic E-state index is -0.741. The SMILES string of the molecule is O=C1C(=O)N(CCCN2CCOCC2)[C@@H](c2ccncc2)C1=C(O)c1ccc(F)cc1. The van der Waals surface area contributed by atoms with E-state index in [4.69, 9.17) is 4.74 Å². The van der Waals surface area contributed by atoms with E-state index in [1.165, 1.54) is 29.2 Å². The van der Waals surface area contributed by atoms with Gasteiger partial charge in [-0.2, -0.15) is 0 Å². The average molecular weight is 425 g/mol. The molecule has 2 aliphatic heterocycles. The molecule has 4 rings (SSSR count). The monoisotopic (exact) mass is 425 g/mol. The Balaban J connectivity index is 1.64. The van der Waals surface area contributed by atoms with E-state index in [1.54, 1.807) is 24.5 Å². The van der Waals surface area contributed by atoms with Crippen LogP contribution in [0.25, 0.3) is 5.76 Å². The molecule has 1 N–H and O–H groups in total. The van der Waals surface area contributed by atoms with Gasteiger partial charge in [0.1, 0.15) is 11.6 Å². The van der Waals surface area contributed by atoms with Gasteiger partial charge in [0, 0.05) is 44.1 Å². The number of likely N-dealkylation sites (tertiary alicyclic amines) is 1. The Bertz CT molecular complexity index is 972. The van der Waals surface area contributed by atoms with Gasteiger partial charge in [-0.25, -0.2) is 4.39 Å². The van der Waals surface area contributed by atoms with Crippen LogP contribution in [0.1, 0.15) is 23.6 Å². The van der Waals surface area contributed by atoms with Gasteiger partial charge in [-0.05, 0) is 48.4 Å². The van der Waals surface area contributed by atoms with Gasteiger partial charge in [0.25, 0.3) is 11.7 Å². The number of aromatic nitrogens is 1. The van der Waals surface area contributed by atoms with E-state index in [0.29, 0.717) is 31.7 Å². The number of carbonyl (C=O) groups is 2. The van der Waals surface area contributed by atoms with Gasteiger partial charge in [-0.3, -0.25) is 19.5 Å². The highest BCUT2D eigenvalue weighted by Gasteiger charge is 2.45. The van der Waals surface area contributed by atoms with Crippen molar-refractivity contribution in [1.82, 2.24) is 14.8 Å². The average Bonchev–Trinajstić information content (AvgIpc) is 3.05. The van der Waals surface area contributed by atoms with Gasteiger partial charge >= 0.3 is 0 Å². The first kappa shape index (κ1) is 21.1. The number of halogens is 1. The number of morpholine rings is 1. The molecule has 0 aliphatic carbocycles. The van der Waals surface area contributed by atoms with E-state index >= 15 is 0 Å². The van der Waals surface area contributed by atoms with Gasteiger partial charge < -0.3 is 14.7 Å². The fraction of sp³-hybridized carbons (Fsp3) is 0.348. The Morgan fingerprint density at radius 3 is 2.42 bits per heavy atom. The van der Waals surface area contributed by atoms with E-state index in [1.807, 2.05) is 0 Å². The minimum absolute atomic E-state index is 0.00850. The molecular weight excluding hydrogens is 401 g/mol. The van der Waals surface area contributed by atoms with Crippen molar-refractivity contribution in [3.8, 4) is 0 Å². The van der Waals surface area contributed by atoms with Crippen LogP contribution in [0.2, 0.25) is 0 Å². The van der Waals surface area contributed by atoms with E-state index in [2.05, 4.69) is 9.88 Å².